The molecule has 2 N–H and O–H groups in total. The third-order valence-corrected chi connectivity index (χ3v) is 4.34. The first-order valence-corrected chi connectivity index (χ1v) is 8.68. The van der Waals surface area contributed by atoms with Gasteiger partial charge in [-0.25, -0.2) is 4.98 Å². The largest absolute Gasteiger partial charge is 0.416 e. The predicted octanol–water partition coefficient (Wildman–Crippen LogP) is 3.75. The van der Waals surface area contributed by atoms with Crippen LogP contribution in [0.5, 0.6) is 0 Å². The topological polar surface area (TPSA) is 74.8 Å². The lowest BCUT2D eigenvalue weighted by atomic mass is 10.0. The summed E-state index contributed by atoms with van der Waals surface area (Å²) in [5.41, 5.74) is -0.137. The summed E-state index contributed by atoms with van der Waals surface area (Å²) in [4.78, 5) is 31.2. The molecule has 0 aliphatic rings. The Bertz CT molecular complexity index is 1060. The normalized spacial score (nSPS) is 12.7. The van der Waals surface area contributed by atoms with Gasteiger partial charge in [0.15, 0.2) is 0 Å². The maximum Gasteiger partial charge on any atom is 0.416 e. The fourth-order valence-corrected chi connectivity index (χ4v) is 2.87. The van der Waals surface area contributed by atoms with Crippen molar-refractivity contribution in [2.24, 2.45) is 0 Å². The van der Waals surface area contributed by atoms with Gasteiger partial charge in [-0.2, -0.15) is 13.2 Å². The minimum absolute atomic E-state index is 0.0462. The number of carbonyl (C=O) groups is 1. The van der Waals surface area contributed by atoms with Gasteiger partial charge in [-0.1, -0.05) is 24.3 Å². The Morgan fingerprint density at radius 1 is 1.18 bits per heavy atom. The molecule has 0 bridgehead atoms. The molecule has 0 saturated carbocycles. The highest BCUT2D eigenvalue weighted by Gasteiger charge is 2.30. The highest BCUT2D eigenvalue weighted by molar-refractivity contribution is 5.78. The number of alkyl halides is 3. The van der Waals surface area contributed by atoms with Crippen LogP contribution in [0.15, 0.2) is 53.3 Å². The van der Waals surface area contributed by atoms with Crippen LogP contribution in [0.3, 0.4) is 0 Å². The van der Waals surface area contributed by atoms with Crippen molar-refractivity contribution in [3.63, 3.8) is 0 Å². The van der Waals surface area contributed by atoms with Gasteiger partial charge < -0.3 is 10.3 Å². The zero-order valence-corrected chi connectivity index (χ0v) is 15.0. The second kappa shape index (κ2) is 7.84. The molecule has 2 aromatic carbocycles. The van der Waals surface area contributed by atoms with Crippen LogP contribution >= 0.6 is 0 Å². The lowest BCUT2D eigenvalue weighted by Crippen LogP contribution is -2.27. The van der Waals surface area contributed by atoms with E-state index in [1.165, 1.54) is 12.1 Å². The molecule has 0 fully saturated rings. The summed E-state index contributed by atoms with van der Waals surface area (Å²) < 4.78 is 38.5. The molecule has 3 rings (SSSR count). The van der Waals surface area contributed by atoms with Crippen LogP contribution in [0.2, 0.25) is 0 Å². The number of para-hydroxylation sites is 1. The van der Waals surface area contributed by atoms with Crippen molar-refractivity contribution in [1.29, 1.82) is 0 Å². The molecular formula is C20H18F3N3O2. The van der Waals surface area contributed by atoms with Gasteiger partial charge in [0.25, 0.3) is 5.56 Å². The van der Waals surface area contributed by atoms with E-state index in [4.69, 9.17) is 0 Å². The molecule has 0 aliphatic carbocycles. The van der Waals surface area contributed by atoms with E-state index < -0.39 is 17.8 Å². The van der Waals surface area contributed by atoms with Gasteiger partial charge in [-0.3, -0.25) is 9.59 Å². The summed E-state index contributed by atoms with van der Waals surface area (Å²) in [5, 5.41) is 3.14. The molecule has 0 spiro atoms. The van der Waals surface area contributed by atoms with Gasteiger partial charge in [0.05, 0.1) is 22.5 Å². The fraction of sp³-hybridized carbons (Fsp3) is 0.250. The quantitative estimate of drug-likeness (QED) is 0.698. The van der Waals surface area contributed by atoms with Gasteiger partial charge in [0, 0.05) is 12.8 Å². The van der Waals surface area contributed by atoms with Crippen LogP contribution in [0, 0.1) is 0 Å². The summed E-state index contributed by atoms with van der Waals surface area (Å²) >= 11 is 0. The number of benzene rings is 2. The number of fused-ring (bicyclic) bond motifs is 1. The molecule has 0 aliphatic heterocycles. The Hall–Kier alpha value is -3.16. The highest BCUT2D eigenvalue weighted by Crippen LogP contribution is 2.30. The first kappa shape index (κ1) is 19.6. The number of halogens is 3. The number of hydrogen-bond donors (Lipinski definition) is 2. The van der Waals surface area contributed by atoms with Gasteiger partial charge in [0.1, 0.15) is 5.82 Å². The van der Waals surface area contributed by atoms with Crippen molar-refractivity contribution in [1.82, 2.24) is 15.3 Å². The Kier molecular flexibility index (Phi) is 5.48. The van der Waals surface area contributed by atoms with E-state index in [1.54, 1.807) is 31.2 Å². The van der Waals surface area contributed by atoms with Crippen LogP contribution in [0.1, 0.15) is 36.3 Å². The number of carbonyl (C=O) groups excluding carboxylic acids is 1. The van der Waals surface area contributed by atoms with Crippen molar-refractivity contribution in [3.8, 4) is 0 Å². The Morgan fingerprint density at radius 3 is 2.68 bits per heavy atom. The standard InChI is InChI=1S/C20H18F3N3O2/c1-12(13-5-4-6-14(11-13)20(21,22)23)24-18(27)10-9-17-25-16-8-3-2-7-15(16)19(28)26-17/h2-8,11-12H,9-10H2,1H3,(H,24,27)(H,25,26,28)/t12-/m0/s1. The molecule has 1 aromatic heterocycles. The predicted molar refractivity (Wildman–Crippen MR) is 98.7 cm³/mol. The van der Waals surface area contributed by atoms with Crippen molar-refractivity contribution in [3.05, 3.63) is 75.8 Å². The first-order valence-electron chi connectivity index (χ1n) is 8.68. The van der Waals surface area contributed by atoms with E-state index in [-0.39, 0.29) is 24.3 Å². The molecule has 28 heavy (non-hydrogen) atoms. The highest BCUT2D eigenvalue weighted by atomic mass is 19.4. The van der Waals surface area contributed by atoms with E-state index >= 15 is 0 Å². The Balaban J connectivity index is 1.64. The lowest BCUT2D eigenvalue weighted by molar-refractivity contribution is -0.137. The summed E-state index contributed by atoms with van der Waals surface area (Å²) in [6, 6.07) is 11.1. The average molecular weight is 389 g/mol. The number of nitrogens with one attached hydrogen (secondary N) is 2. The van der Waals surface area contributed by atoms with Crippen LogP contribution in [0.4, 0.5) is 13.2 Å². The fourth-order valence-electron chi connectivity index (χ4n) is 2.87. The van der Waals surface area contributed by atoms with Crippen molar-refractivity contribution in [2.75, 3.05) is 0 Å². The Morgan fingerprint density at radius 2 is 1.93 bits per heavy atom. The lowest BCUT2D eigenvalue weighted by Gasteiger charge is -2.16. The number of amides is 1. The van der Waals surface area contributed by atoms with Gasteiger partial charge in [0.2, 0.25) is 5.91 Å². The summed E-state index contributed by atoms with van der Waals surface area (Å²) in [7, 11) is 0. The monoisotopic (exact) mass is 389 g/mol. The maximum atomic E-state index is 12.8. The van der Waals surface area contributed by atoms with Crippen LogP contribution < -0.4 is 10.9 Å². The number of aryl methyl sites for hydroxylation is 1. The third-order valence-electron chi connectivity index (χ3n) is 4.34. The van der Waals surface area contributed by atoms with Crippen LogP contribution in [-0.2, 0) is 17.4 Å². The average Bonchev–Trinajstić information content (AvgIpc) is 2.66. The smallest absolute Gasteiger partial charge is 0.350 e. The molecular weight excluding hydrogens is 371 g/mol. The van der Waals surface area contributed by atoms with Gasteiger partial charge in [-0.05, 0) is 36.8 Å². The second-order valence-electron chi connectivity index (χ2n) is 6.44. The zero-order valence-electron chi connectivity index (χ0n) is 15.0. The number of nitrogens with zero attached hydrogens (tertiary/aromatic N) is 1. The minimum Gasteiger partial charge on any atom is -0.350 e. The summed E-state index contributed by atoms with van der Waals surface area (Å²) in [6.45, 7) is 1.61. The summed E-state index contributed by atoms with van der Waals surface area (Å²) in [5.74, 6) is 0.0336. The maximum absolute atomic E-state index is 12.8. The van der Waals surface area contributed by atoms with E-state index in [0.717, 1.165) is 12.1 Å². The molecule has 0 saturated heterocycles. The van der Waals surface area contributed by atoms with E-state index in [9.17, 15) is 22.8 Å². The molecule has 146 valence electrons. The number of aromatic nitrogens is 2. The van der Waals surface area contributed by atoms with Gasteiger partial charge in [-0.15, -0.1) is 0 Å². The molecule has 3 aromatic rings. The first-order chi connectivity index (χ1) is 13.2. The molecule has 0 unspecified atom stereocenters. The second-order valence-corrected chi connectivity index (χ2v) is 6.44. The SMILES string of the molecule is C[C@H](NC(=O)CCc1nc2ccccc2c(=O)[nH]1)c1cccc(C(F)(F)F)c1. The molecule has 8 heteroatoms. The van der Waals surface area contributed by atoms with Gasteiger partial charge >= 0.3 is 6.18 Å². The number of rotatable bonds is 5. The number of H-pyrrole nitrogens is 1. The van der Waals surface area contributed by atoms with Crippen LogP contribution in [0.25, 0.3) is 10.9 Å². The molecule has 1 atom stereocenters. The van der Waals surface area contributed by atoms with E-state index in [0.29, 0.717) is 22.3 Å². The third kappa shape index (κ3) is 4.57. The molecule has 5 nitrogen and oxygen atoms in total. The minimum atomic E-state index is -4.44. The molecule has 0 radical (unpaired) electrons. The van der Waals surface area contributed by atoms with Crippen LogP contribution in [-0.4, -0.2) is 15.9 Å². The molecule has 1 amide bonds. The molecule has 1 heterocycles. The number of hydrogen-bond acceptors (Lipinski definition) is 3. The Labute approximate surface area is 158 Å². The summed E-state index contributed by atoms with van der Waals surface area (Å²) in [6.07, 6.45) is -4.18. The zero-order chi connectivity index (χ0) is 20.3. The van der Waals surface area contributed by atoms with Crippen molar-refractivity contribution >= 4 is 16.8 Å². The van der Waals surface area contributed by atoms with Crippen molar-refractivity contribution < 1.29 is 18.0 Å². The van der Waals surface area contributed by atoms with Crippen molar-refractivity contribution in [2.45, 2.75) is 32.0 Å². The van der Waals surface area contributed by atoms with E-state index in [1.807, 2.05) is 0 Å². The van der Waals surface area contributed by atoms with E-state index in [2.05, 4.69) is 15.3 Å². The number of aromatic amines is 1.